The van der Waals surface area contributed by atoms with Gasteiger partial charge in [-0.1, -0.05) is 17.7 Å². The van der Waals surface area contributed by atoms with Crippen molar-refractivity contribution in [3.8, 4) is 5.75 Å². The summed E-state index contributed by atoms with van der Waals surface area (Å²) in [7, 11) is -2.15. The lowest BCUT2D eigenvalue weighted by Gasteiger charge is -2.33. The molecule has 3 rings (SSSR count). The highest BCUT2D eigenvalue weighted by Gasteiger charge is 2.33. The first-order valence-corrected chi connectivity index (χ1v) is 10.2. The van der Waals surface area contributed by atoms with Gasteiger partial charge < -0.3 is 9.84 Å². The summed E-state index contributed by atoms with van der Waals surface area (Å²) in [6.07, 6.45) is 2.10. The monoisotopic (exact) mass is 396 g/mol. The number of benzene rings is 1. The summed E-state index contributed by atoms with van der Waals surface area (Å²) in [6, 6.07) is 9.86. The smallest absolute Gasteiger partial charge is 0.243 e. The second kappa shape index (κ2) is 7.92. The van der Waals surface area contributed by atoms with Gasteiger partial charge in [-0.15, -0.1) is 0 Å². The Bertz CT molecular complexity index is 853. The maximum atomic E-state index is 12.8. The van der Waals surface area contributed by atoms with Crippen LogP contribution in [-0.4, -0.2) is 43.0 Å². The summed E-state index contributed by atoms with van der Waals surface area (Å²) in [5.74, 6) is 0.415. The van der Waals surface area contributed by atoms with E-state index in [0.717, 1.165) is 0 Å². The lowest BCUT2D eigenvalue weighted by atomic mass is 9.90. The zero-order chi connectivity index (χ0) is 18.7. The van der Waals surface area contributed by atoms with E-state index < -0.39 is 16.1 Å². The molecule has 1 fully saturated rings. The second-order valence-corrected chi connectivity index (χ2v) is 8.58. The molecular formula is C18H21ClN2O4S. The molecule has 6 nitrogen and oxygen atoms in total. The number of nitrogens with zero attached hydrogens (tertiary/aromatic N) is 2. The number of ether oxygens (including phenoxy) is 1. The van der Waals surface area contributed by atoms with Crippen molar-refractivity contribution in [3.63, 3.8) is 0 Å². The van der Waals surface area contributed by atoms with Gasteiger partial charge in [-0.05, 0) is 49.1 Å². The van der Waals surface area contributed by atoms with Crippen LogP contribution in [0, 0.1) is 5.92 Å². The van der Waals surface area contributed by atoms with Crippen LogP contribution in [-0.2, 0) is 10.0 Å². The Hall–Kier alpha value is -1.67. The molecule has 2 heterocycles. The summed E-state index contributed by atoms with van der Waals surface area (Å²) >= 11 is 6.06. The van der Waals surface area contributed by atoms with Crippen LogP contribution >= 0.6 is 11.6 Å². The molecule has 0 spiro atoms. The molecule has 1 atom stereocenters. The average molecular weight is 397 g/mol. The van der Waals surface area contributed by atoms with E-state index in [1.165, 1.54) is 23.5 Å². The standard InChI is InChI=1S/C18H21ClN2O4S/c1-25-17-6-5-14(12-15(17)19)26(23,24)21-10-7-13(8-11-21)18(22)16-4-2-3-9-20-16/h2-6,9,12-13,18,22H,7-8,10-11H2,1H3. The van der Waals surface area contributed by atoms with E-state index in [0.29, 0.717) is 37.4 Å². The first kappa shape index (κ1) is 19.1. The van der Waals surface area contributed by atoms with Crippen LogP contribution in [0.25, 0.3) is 0 Å². The van der Waals surface area contributed by atoms with Crippen LogP contribution in [0.2, 0.25) is 5.02 Å². The Balaban J connectivity index is 1.70. The third-order valence-corrected chi connectivity index (χ3v) is 6.89. The Kier molecular flexibility index (Phi) is 5.82. The molecule has 1 N–H and O–H groups in total. The van der Waals surface area contributed by atoms with Crippen molar-refractivity contribution in [2.75, 3.05) is 20.2 Å². The first-order chi connectivity index (χ1) is 12.4. The third kappa shape index (κ3) is 3.86. The summed E-state index contributed by atoms with van der Waals surface area (Å²) in [5.41, 5.74) is 0.621. The molecule has 1 aliphatic heterocycles. The number of pyridine rings is 1. The number of halogens is 1. The minimum atomic E-state index is -3.63. The van der Waals surface area contributed by atoms with Crippen LogP contribution in [0.15, 0.2) is 47.5 Å². The minimum absolute atomic E-state index is 0.0178. The van der Waals surface area contributed by atoms with E-state index in [4.69, 9.17) is 16.3 Å². The Morgan fingerprint density at radius 1 is 1.27 bits per heavy atom. The zero-order valence-electron chi connectivity index (χ0n) is 14.4. The molecule has 1 aromatic heterocycles. The van der Waals surface area contributed by atoms with E-state index in [2.05, 4.69) is 4.98 Å². The highest BCUT2D eigenvalue weighted by atomic mass is 35.5. The van der Waals surface area contributed by atoms with Gasteiger partial charge in [-0.25, -0.2) is 8.42 Å². The van der Waals surface area contributed by atoms with Crippen LogP contribution in [0.3, 0.4) is 0 Å². The van der Waals surface area contributed by atoms with Gasteiger partial charge in [0.05, 0.1) is 28.8 Å². The van der Waals surface area contributed by atoms with E-state index in [1.807, 2.05) is 6.07 Å². The molecule has 1 unspecified atom stereocenters. The van der Waals surface area contributed by atoms with Crippen LogP contribution in [0.1, 0.15) is 24.6 Å². The summed E-state index contributed by atoms with van der Waals surface area (Å²) in [6.45, 7) is 0.696. The van der Waals surface area contributed by atoms with Gasteiger partial charge in [0.2, 0.25) is 10.0 Å². The van der Waals surface area contributed by atoms with E-state index >= 15 is 0 Å². The Morgan fingerprint density at radius 2 is 2.00 bits per heavy atom. The van der Waals surface area contributed by atoms with Crippen molar-refractivity contribution < 1.29 is 18.3 Å². The van der Waals surface area contributed by atoms with Crippen molar-refractivity contribution >= 4 is 21.6 Å². The summed E-state index contributed by atoms with van der Waals surface area (Å²) < 4.78 is 32.2. The molecule has 0 radical (unpaired) electrons. The van der Waals surface area contributed by atoms with E-state index in [1.54, 1.807) is 24.4 Å². The van der Waals surface area contributed by atoms with E-state index in [9.17, 15) is 13.5 Å². The van der Waals surface area contributed by atoms with Crippen molar-refractivity contribution in [2.45, 2.75) is 23.8 Å². The molecule has 26 heavy (non-hydrogen) atoms. The number of methoxy groups -OCH3 is 1. The predicted molar refractivity (Wildman–Crippen MR) is 98.7 cm³/mol. The fourth-order valence-corrected chi connectivity index (χ4v) is 5.00. The lowest BCUT2D eigenvalue weighted by Crippen LogP contribution is -2.39. The first-order valence-electron chi connectivity index (χ1n) is 8.36. The molecular weight excluding hydrogens is 376 g/mol. The zero-order valence-corrected chi connectivity index (χ0v) is 15.9. The molecule has 1 saturated heterocycles. The van der Waals surface area contributed by atoms with Crippen molar-refractivity contribution in [2.24, 2.45) is 5.92 Å². The largest absolute Gasteiger partial charge is 0.495 e. The molecule has 0 bridgehead atoms. The van der Waals surface area contributed by atoms with Gasteiger partial charge in [0.1, 0.15) is 5.75 Å². The number of aromatic nitrogens is 1. The topological polar surface area (TPSA) is 79.7 Å². The van der Waals surface area contributed by atoms with Crippen molar-refractivity contribution in [1.82, 2.24) is 9.29 Å². The van der Waals surface area contributed by atoms with Crippen LogP contribution < -0.4 is 4.74 Å². The van der Waals surface area contributed by atoms with Crippen molar-refractivity contribution in [3.05, 3.63) is 53.3 Å². The molecule has 1 aromatic carbocycles. The van der Waals surface area contributed by atoms with Gasteiger partial charge >= 0.3 is 0 Å². The number of aliphatic hydroxyl groups is 1. The number of rotatable bonds is 5. The number of aliphatic hydroxyl groups excluding tert-OH is 1. The van der Waals surface area contributed by atoms with E-state index in [-0.39, 0.29) is 15.8 Å². The van der Waals surface area contributed by atoms with Crippen LogP contribution in [0.4, 0.5) is 0 Å². The maximum Gasteiger partial charge on any atom is 0.243 e. The average Bonchev–Trinajstić information content (AvgIpc) is 2.68. The van der Waals surface area contributed by atoms with Gasteiger partial charge in [0.15, 0.2) is 0 Å². The quantitative estimate of drug-likeness (QED) is 0.840. The number of sulfonamides is 1. The fourth-order valence-electron chi connectivity index (χ4n) is 3.18. The molecule has 0 amide bonds. The number of hydrogen-bond acceptors (Lipinski definition) is 5. The van der Waals surface area contributed by atoms with Gasteiger partial charge in [0.25, 0.3) is 0 Å². The number of piperidine rings is 1. The predicted octanol–water partition coefficient (Wildman–Crippen LogP) is 2.88. The molecule has 1 aliphatic rings. The lowest BCUT2D eigenvalue weighted by molar-refractivity contribution is 0.0726. The van der Waals surface area contributed by atoms with Gasteiger partial charge in [-0.2, -0.15) is 4.31 Å². The highest BCUT2D eigenvalue weighted by molar-refractivity contribution is 7.89. The SMILES string of the molecule is COc1ccc(S(=O)(=O)N2CCC(C(O)c3ccccn3)CC2)cc1Cl. The highest BCUT2D eigenvalue weighted by Crippen LogP contribution is 2.33. The minimum Gasteiger partial charge on any atom is -0.495 e. The maximum absolute atomic E-state index is 12.8. The molecule has 0 aliphatic carbocycles. The molecule has 140 valence electrons. The molecule has 8 heteroatoms. The normalized spacial score (nSPS) is 17.8. The summed E-state index contributed by atoms with van der Waals surface area (Å²) in [4.78, 5) is 4.33. The third-order valence-electron chi connectivity index (χ3n) is 4.70. The van der Waals surface area contributed by atoms with Gasteiger partial charge in [0, 0.05) is 19.3 Å². The molecule has 0 saturated carbocycles. The second-order valence-electron chi connectivity index (χ2n) is 6.24. The van der Waals surface area contributed by atoms with Crippen LogP contribution in [0.5, 0.6) is 5.75 Å². The summed E-state index contributed by atoms with van der Waals surface area (Å²) in [5, 5.41) is 10.7. The molecule has 2 aromatic rings. The number of hydrogen-bond donors (Lipinski definition) is 1. The Morgan fingerprint density at radius 3 is 2.58 bits per heavy atom. The Labute approximate surface area is 158 Å². The fraction of sp³-hybridized carbons (Fsp3) is 0.389. The van der Waals surface area contributed by atoms with Gasteiger partial charge in [-0.3, -0.25) is 4.98 Å². The van der Waals surface area contributed by atoms with Crippen molar-refractivity contribution in [1.29, 1.82) is 0 Å².